The van der Waals surface area contributed by atoms with Crippen molar-refractivity contribution in [2.45, 2.75) is 13.0 Å². The summed E-state index contributed by atoms with van der Waals surface area (Å²) in [4.78, 5) is 23.8. The fraction of sp³-hybridized carbons (Fsp3) is 0.167. The zero-order valence-electron chi connectivity index (χ0n) is 13.6. The molecular weight excluding hydrogens is 405 g/mol. The monoisotopic (exact) mass is 419 g/mol. The molecule has 1 amide bonds. The van der Waals surface area contributed by atoms with Gasteiger partial charge in [0.05, 0.1) is 5.69 Å². The molecule has 0 saturated carbocycles. The molecule has 6 nitrogen and oxygen atoms in total. The summed E-state index contributed by atoms with van der Waals surface area (Å²) >= 11 is 3.14. The molecule has 3 rings (SSSR count). The molecule has 0 aliphatic rings. The number of aryl methyl sites for hydroxylation is 1. The second-order valence-electron chi connectivity index (χ2n) is 5.50. The quantitative estimate of drug-likeness (QED) is 0.622. The summed E-state index contributed by atoms with van der Waals surface area (Å²) in [7, 11) is 0. The Bertz CT molecular complexity index is 966. The van der Waals surface area contributed by atoms with E-state index in [0.29, 0.717) is 29.9 Å². The molecule has 0 atom stereocenters. The van der Waals surface area contributed by atoms with Crippen LogP contribution in [-0.2, 0) is 6.54 Å². The van der Waals surface area contributed by atoms with Crippen LogP contribution in [0.25, 0.3) is 11.3 Å². The van der Waals surface area contributed by atoms with E-state index in [1.807, 2.05) is 0 Å². The number of nitrogens with one attached hydrogen (secondary N) is 1. The van der Waals surface area contributed by atoms with Crippen molar-refractivity contribution in [2.75, 3.05) is 6.54 Å². The molecular formula is C18H15BrFN3O3. The van der Waals surface area contributed by atoms with Gasteiger partial charge in [-0.05, 0) is 64.8 Å². The molecule has 3 aromatic rings. The number of rotatable bonds is 6. The molecule has 2 heterocycles. The van der Waals surface area contributed by atoms with Crippen LogP contribution in [-0.4, -0.2) is 22.2 Å². The summed E-state index contributed by atoms with van der Waals surface area (Å²) in [6, 6.07) is 12.1. The van der Waals surface area contributed by atoms with Gasteiger partial charge in [-0.15, -0.1) is 0 Å². The lowest BCUT2D eigenvalue weighted by molar-refractivity contribution is 0.0923. The van der Waals surface area contributed by atoms with Gasteiger partial charge in [0.15, 0.2) is 10.4 Å². The summed E-state index contributed by atoms with van der Waals surface area (Å²) in [5, 5.41) is 7.01. The Morgan fingerprint density at radius 1 is 1.15 bits per heavy atom. The van der Waals surface area contributed by atoms with Gasteiger partial charge in [0.2, 0.25) is 0 Å². The molecule has 1 N–H and O–H groups in total. The molecule has 0 saturated heterocycles. The van der Waals surface area contributed by atoms with Gasteiger partial charge < -0.3 is 9.73 Å². The topological polar surface area (TPSA) is 77.1 Å². The van der Waals surface area contributed by atoms with Crippen LogP contribution in [0.4, 0.5) is 4.39 Å². The first-order valence-corrected chi connectivity index (χ1v) is 8.70. The van der Waals surface area contributed by atoms with Crippen LogP contribution in [0, 0.1) is 5.82 Å². The molecule has 0 bridgehead atoms. The third-order valence-electron chi connectivity index (χ3n) is 3.64. The SMILES string of the molecule is O=C(NCCCn1nc(-c2ccc(F)cc2)ccc1=O)c1ccc(Br)o1. The van der Waals surface area contributed by atoms with Crippen LogP contribution >= 0.6 is 15.9 Å². The third kappa shape index (κ3) is 4.45. The second-order valence-corrected chi connectivity index (χ2v) is 6.28. The maximum atomic E-state index is 13.0. The zero-order chi connectivity index (χ0) is 18.5. The van der Waals surface area contributed by atoms with E-state index < -0.39 is 0 Å². The van der Waals surface area contributed by atoms with Crippen LogP contribution in [0.1, 0.15) is 17.0 Å². The van der Waals surface area contributed by atoms with Crippen molar-refractivity contribution in [3.63, 3.8) is 0 Å². The normalized spacial score (nSPS) is 10.7. The third-order valence-corrected chi connectivity index (χ3v) is 4.06. The Morgan fingerprint density at radius 2 is 1.92 bits per heavy atom. The Labute approximate surface area is 156 Å². The molecule has 0 aliphatic heterocycles. The Hall–Kier alpha value is -2.74. The average molecular weight is 420 g/mol. The fourth-order valence-electron chi connectivity index (χ4n) is 2.34. The number of nitrogens with zero attached hydrogens (tertiary/aromatic N) is 2. The van der Waals surface area contributed by atoms with Crippen molar-refractivity contribution in [2.24, 2.45) is 0 Å². The van der Waals surface area contributed by atoms with Gasteiger partial charge in [0.1, 0.15) is 5.82 Å². The molecule has 0 aliphatic carbocycles. The lowest BCUT2D eigenvalue weighted by Gasteiger charge is -2.08. The van der Waals surface area contributed by atoms with Crippen LogP contribution in [0.15, 0.2) is 62.4 Å². The number of hydrogen-bond acceptors (Lipinski definition) is 4. The number of carbonyl (C=O) groups is 1. The molecule has 134 valence electrons. The minimum atomic E-state index is -0.332. The van der Waals surface area contributed by atoms with E-state index in [1.54, 1.807) is 30.3 Å². The number of amides is 1. The van der Waals surface area contributed by atoms with Gasteiger partial charge in [-0.3, -0.25) is 9.59 Å². The Morgan fingerprint density at radius 3 is 2.62 bits per heavy atom. The number of furan rings is 1. The predicted octanol–water partition coefficient (Wildman–Crippen LogP) is 3.23. The number of carbonyl (C=O) groups excluding carboxylic acids is 1. The van der Waals surface area contributed by atoms with Gasteiger partial charge >= 0.3 is 0 Å². The first-order chi connectivity index (χ1) is 12.5. The lowest BCUT2D eigenvalue weighted by atomic mass is 10.1. The maximum Gasteiger partial charge on any atom is 0.287 e. The fourth-order valence-corrected chi connectivity index (χ4v) is 2.64. The smallest absolute Gasteiger partial charge is 0.287 e. The van der Waals surface area contributed by atoms with Crippen molar-refractivity contribution in [3.05, 3.63) is 75.1 Å². The van der Waals surface area contributed by atoms with Crippen LogP contribution in [0.2, 0.25) is 0 Å². The van der Waals surface area contributed by atoms with Gasteiger partial charge in [-0.1, -0.05) is 0 Å². The molecule has 26 heavy (non-hydrogen) atoms. The van der Waals surface area contributed by atoms with Gasteiger partial charge in [0, 0.05) is 24.7 Å². The van der Waals surface area contributed by atoms with E-state index in [1.165, 1.54) is 22.9 Å². The minimum absolute atomic E-state index is 0.213. The lowest BCUT2D eigenvalue weighted by Crippen LogP contribution is -2.27. The van der Waals surface area contributed by atoms with E-state index in [-0.39, 0.29) is 23.0 Å². The molecule has 0 radical (unpaired) electrons. The highest BCUT2D eigenvalue weighted by atomic mass is 79.9. The Kier molecular flexibility index (Phi) is 5.62. The number of aromatic nitrogens is 2. The van der Waals surface area contributed by atoms with Gasteiger partial charge in [-0.25, -0.2) is 9.07 Å². The minimum Gasteiger partial charge on any atom is -0.444 e. The Balaban J connectivity index is 1.59. The summed E-state index contributed by atoms with van der Waals surface area (Å²) in [6.07, 6.45) is 0.521. The summed E-state index contributed by atoms with van der Waals surface area (Å²) in [5.74, 6) is -0.442. The van der Waals surface area contributed by atoms with E-state index in [0.717, 1.165) is 5.56 Å². The first-order valence-electron chi connectivity index (χ1n) is 7.90. The van der Waals surface area contributed by atoms with Crippen molar-refractivity contribution in [3.8, 4) is 11.3 Å². The van der Waals surface area contributed by atoms with Gasteiger partial charge in [-0.2, -0.15) is 5.10 Å². The van der Waals surface area contributed by atoms with Crippen molar-refractivity contribution >= 4 is 21.8 Å². The molecule has 8 heteroatoms. The highest BCUT2D eigenvalue weighted by Crippen LogP contribution is 2.16. The van der Waals surface area contributed by atoms with Crippen molar-refractivity contribution in [1.82, 2.24) is 15.1 Å². The maximum absolute atomic E-state index is 13.0. The van der Waals surface area contributed by atoms with Crippen LogP contribution in [0.5, 0.6) is 0 Å². The van der Waals surface area contributed by atoms with E-state index in [9.17, 15) is 14.0 Å². The van der Waals surface area contributed by atoms with E-state index in [2.05, 4.69) is 26.3 Å². The van der Waals surface area contributed by atoms with Crippen molar-refractivity contribution in [1.29, 1.82) is 0 Å². The highest BCUT2D eigenvalue weighted by Gasteiger charge is 2.09. The first kappa shape index (κ1) is 18.1. The summed E-state index contributed by atoms with van der Waals surface area (Å²) in [5.41, 5.74) is 1.06. The average Bonchev–Trinajstić information content (AvgIpc) is 3.07. The molecule has 1 aromatic carbocycles. The van der Waals surface area contributed by atoms with Gasteiger partial charge in [0.25, 0.3) is 11.5 Å². The van der Waals surface area contributed by atoms with E-state index in [4.69, 9.17) is 4.42 Å². The summed E-state index contributed by atoms with van der Waals surface area (Å²) in [6.45, 7) is 0.710. The number of benzene rings is 1. The van der Waals surface area contributed by atoms with E-state index >= 15 is 0 Å². The molecule has 0 spiro atoms. The highest BCUT2D eigenvalue weighted by molar-refractivity contribution is 9.10. The molecule has 2 aromatic heterocycles. The number of hydrogen-bond donors (Lipinski definition) is 1. The standard InChI is InChI=1S/C18H15BrFN3O3/c19-16-8-7-15(26-16)18(25)21-10-1-11-23-17(24)9-6-14(22-23)12-2-4-13(20)5-3-12/h2-9H,1,10-11H2,(H,21,25). The zero-order valence-corrected chi connectivity index (χ0v) is 15.2. The van der Waals surface area contributed by atoms with Crippen molar-refractivity contribution < 1.29 is 13.6 Å². The largest absolute Gasteiger partial charge is 0.444 e. The molecule has 0 fully saturated rings. The summed E-state index contributed by atoms with van der Waals surface area (Å²) < 4.78 is 20.0. The predicted molar refractivity (Wildman–Crippen MR) is 97.2 cm³/mol. The number of halogens is 2. The van der Waals surface area contributed by atoms with Crippen LogP contribution < -0.4 is 10.9 Å². The molecule has 0 unspecified atom stereocenters. The second kappa shape index (κ2) is 8.09. The van der Waals surface area contributed by atoms with Crippen LogP contribution in [0.3, 0.4) is 0 Å².